The second-order valence-electron chi connectivity index (χ2n) is 4.26. The summed E-state index contributed by atoms with van der Waals surface area (Å²) in [5.74, 6) is 1.04. The first-order chi connectivity index (χ1) is 7.24. The molecule has 0 aliphatic carbocycles. The standard InChI is InChI=1S/C13H19NO/c1-9-8-12(15-3)11-6-4-5-7-14-13(11)10(9)2/h8,14H,4-7H2,1-3H3. The van der Waals surface area contributed by atoms with Crippen molar-refractivity contribution in [3.8, 4) is 5.75 Å². The molecule has 1 aliphatic heterocycles. The van der Waals surface area contributed by atoms with Crippen LogP contribution < -0.4 is 10.1 Å². The minimum atomic E-state index is 1.04. The molecule has 0 amide bonds. The van der Waals surface area contributed by atoms with Crippen molar-refractivity contribution in [1.29, 1.82) is 0 Å². The molecule has 2 nitrogen and oxygen atoms in total. The van der Waals surface area contributed by atoms with Gasteiger partial charge in [-0.05, 0) is 50.3 Å². The lowest BCUT2D eigenvalue weighted by Gasteiger charge is -2.17. The van der Waals surface area contributed by atoms with Crippen molar-refractivity contribution in [3.63, 3.8) is 0 Å². The van der Waals surface area contributed by atoms with Gasteiger partial charge in [0.25, 0.3) is 0 Å². The molecule has 1 aliphatic rings. The first kappa shape index (κ1) is 10.3. The smallest absolute Gasteiger partial charge is 0.124 e. The molecule has 0 atom stereocenters. The number of anilines is 1. The summed E-state index contributed by atoms with van der Waals surface area (Å²) in [4.78, 5) is 0. The summed E-state index contributed by atoms with van der Waals surface area (Å²) in [7, 11) is 1.76. The van der Waals surface area contributed by atoms with Crippen LogP contribution in [0, 0.1) is 13.8 Å². The average molecular weight is 205 g/mol. The van der Waals surface area contributed by atoms with Gasteiger partial charge in [-0.3, -0.25) is 0 Å². The van der Waals surface area contributed by atoms with Crippen molar-refractivity contribution < 1.29 is 4.74 Å². The number of fused-ring (bicyclic) bond motifs is 1. The summed E-state index contributed by atoms with van der Waals surface area (Å²) in [5, 5.41) is 3.53. The second kappa shape index (κ2) is 4.13. The third-order valence-corrected chi connectivity index (χ3v) is 3.29. The van der Waals surface area contributed by atoms with Crippen molar-refractivity contribution in [2.45, 2.75) is 33.1 Å². The Labute approximate surface area is 91.6 Å². The van der Waals surface area contributed by atoms with Crippen LogP contribution in [-0.2, 0) is 6.42 Å². The Hall–Kier alpha value is -1.18. The first-order valence-corrected chi connectivity index (χ1v) is 5.65. The first-order valence-electron chi connectivity index (χ1n) is 5.65. The SMILES string of the molecule is COc1cc(C)c(C)c2c1CCCCN2. The Balaban J connectivity index is 2.57. The fourth-order valence-corrected chi connectivity index (χ4v) is 2.25. The van der Waals surface area contributed by atoms with E-state index in [4.69, 9.17) is 4.74 Å². The Morgan fingerprint density at radius 1 is 1.27 bits per heavy atom. The molecule has 0 unspecified atom stereocenters. The number of rotatable bonds is 1. The minimum absolute atomic E-state index is 1.04. The summed E-state index contributed by atoms with van der Waals surface area (Å²) in [6.45, 7) is 5.41. The zero-order valence-corrected chi connectivity index (χ0v) is 9.81. The summed E-state index contributed by atoms with van der Waals surface area (Å²) >= 11 is 0. The van der Waals surface area contributed by atoms with Gasteiger partial charge >= 0.3 is 0 Å². The molecule has 1 aromatic carbocycles. The largest absolute Gasteiger partial charge is 0.496 e. The molecule has 0 spiro atoms. The van der Waals surface area contributed by atoms with Crippen molar-refractivity contribution in [2.75, 3.05) is 19.0 Å². The Morgan fingerprint density at radius 3 is 2.80 bits per heavy atom. The van der Waals surface area contributed by atoms with Crippen LogP contribution in [0.25, 0.3) is 0 Å². The van der Waals surface area contributed by atoms with Crippen LogP contribution in [0.2, 0.25) is 0 Å². The molecule has 1 aromatic rings. The van der Waals surface area contributed by atoms with E-state index < -0.39 is 0 Å². The van der Waals surface area contributed by atoms with Crippen LogP contribution in [0.5, 0.6) is 5.75 Å². The Bertz CT molecular complexity index is 371. The number of aryl methyl sites for hydroxylation is 1. The Kier molecular flexibility index (Phi) is 2.85. The monoisotopic (exact) mass is 205 g/mol. The summed E-state index contributed by atoms with van der Waals surface area (Å²) in [6.07, 6.45) is 3.63. The summed E-state index contributed by atoms with van der Waals surface area (Å²) in [6, 6.07) is 2.15. The van der Waals surface area contributed by atoms with E-state index in [1.165, 1.54) is 35.2 Å². The fraction of sp³-hybridized carbons (Fsp3) is 0.538. The van der Waals surface area contributed by atoms with Gasteiger partial charge in [-0.1, -0.05) is 0 Å². The highest BCUT2D eigenvalue weighted by Gasteiger charge is 2.16. The van der Waals surface area contributed by atoms with Gasteiger partial charge < -0.3 is 10.1 Å². The maximum Gasteiger partial charge on any atom is 0.124 e. The highest BCUT2D eigenvalue weighted by molar-refractivity contribution is 5.65. The molecule has 0 saturated heterocycles. The predicted molar refractivity (Wildman–Crippen MR) is 63.9 cm³/mol. The van der Waals surface area contributed by atoms with E-state index in [1.807, 2.05) is 0 Å². The highest BCUT2D eigenvalue weighted by Crippen LogP contribution is 2.35. The van der Waals surface area contributed by atoms with Crippen molar-refractivity contribution in [3.05, 3.63) is 22.8 Å². The van der Waals surface area contributed by atoms with E-state index in [-0.39, 0.29) is 0 Å². The van der Waals surface area contributed by atoms with E-state index in [0.717, 1.165) is 18.7 Å². The van der Waals surface area contributed by atoms with E-state index >= 15 is 0 Å². The molecule has 0 aromatic heterocycles. The number of nitrogens with one attached hydrogen (secondary N) is 1. The molecule has 0 bridgehead atoms. The maximum absolute atomic E-state index is 5.46. The third kappa shape index (κ3) is 1.81. The van der Waals surface area contributed by atoms with Gasteiger partial charge in [0.1, 0.15) is 5.75 Å². The average Bonchev–Trinajstić information content (AvgIpc) is 2.49. The fourth-order valence-electron chi connectivity index (χ4n) is 2.25. The van der Waals surface area contributed by atoms with Gasteiger partial charge in [-0.15, -0.1) is 0 Å². The number of benzene rings is 1. The molecule has 15 heavy (non-hydrogen) atoms. The molecule has 82 valence electrons. The lowest BCUT2D eigenvalue weighted by molar-refractivity contribution is 0.409. The van der Waals surface area contributed by atoms with E-state index in [1.54, 1.807) is 7.11 Å². The van der Waals surface area contributed by atoms with Gasteiger partial charge in [0.2, 0.25) is 0 Å². The molecule has 1 heterocycles. The molecule has 2 heteroatoms. The van der Waals surface area contributed by atoms with Gasteiger partial charge in [0.05, 0.1) is 7.11 Å². The summed E-state index contributed by atoms with van der Waals surface area (Å²) < 4.78 is 5.46. The molecule has 1 N–H and O–H groups in total. The van der Waals surface area contributed by atoms with Gasteiger partial charge in [-0.2, -0.15) is 0 Å². The van der Waals surface area contributed by atoms with Crippen molar-refractivity contribution >= 4 is 5.69 Å². The third-order valence-electron chi connectivity index (χ3n) is 3.29. The molecular formula is C13H19NO. The van der Waals surface area contributed by atoms with E-state index in [9.17, 15) is 0 Å². The number of hydrogen-bond acceptors (Lipinski definition) is 2. The van der Waals surface area contributed by atoms with Crippen LogP contribution in [0.15, 0.2) is 6.07 Å². The molecule has 0 radical (unpaired) electrons. The van der Waals surface area contributed by atoms with Gasteiger partial charge in [0.15, 0.2) is 0 Å². The van der Waals surface area contributed by atoms with E-state index in [0.29, 0.717) is 0 Å². The lowest BCUT2D eigenvalue weighted by atomic mass is 9.99. The second-order valence-corrected chi connectivity index (χ2v) is 4.26. The quantitative estimate of drug-likeness (QED) is 0.760. The molecule has 2 rings (SSSR count). The zero-order chi connectivity index (χ0) is 10.8. The van der Waals surface area contributed by atoms with Gasteiger partial charge in [-0.25, -0.2) is 0 Å². The van der Waals surface area contributed by atoms with Crippen molar-refractivity contribution in [2.24, 2.45) is 0 Å². The highest BCUT2D eigenvalue weighted by atomic mass is 16.5. The molecule has 0 saturated carbocycles. The van der Waals surface area contributed by atoms with Crippen LogP contribution in [0.4, 0.5) is 5.69 Å². The predicted octanol–water partition coefficient (Wildman–Crippen LogP) is 3.06. The Morgan fingerprint density at radius 2 is 2.07 bits per heavy atom. The molecule has 0 fully saturated rings. The van der Waals surface area contributed by atoms with Crippen LogP contribution in [0.3, 0.4) is 0 Å². The summed E-state index contributed by atoms with van der Waals surface area (Å²) in [5.41, 5.74) is 5.34. The number of hydrogen-bond donors (Lipinski definition) is 1. The zero-order valence-electron chi connectivity index (χ0n) is 9.81. The van der Waals surface area contributed by atoms with Crippen LogP contribution in [0.1, 0.15) is 29.5 Å². The minimum Gasteiger partial charge on any atom is -0.496 e. The maximum atomic E-state index is 5.46. The number of ether oxygens (including phenoxy) is 1. The van der Waals surface area contributed by atoms with E-state index in [2.05, 4.69) is 25.2 Å². The topological polar surface area (TPSA) is 21.3 Å². The molecular weight excluding hydrogens is 186 g/mol. The van der Waals surface area contributed by atoms with Crippen LogP contribution in [-0.4, -0.2) is 13.7 Å². The lowest BCUT2D eigenvalue weighted by Crippen LogP contribution is -2.04. The number of methoxy groups -OCH3 is 1. The van der Waals surface area contributed by atoms with Crippen molar-refractivity contribution in [1.82, 2.24) is 0 Å². The van der Waals surface area contributed by atoms with Gasteiger partial charge in [0, 0.05) is 17.8 Å². The normalized spacial score (nSPS) is 15.1. The van der Waals surface area contributed by atoms with Crippen LogP contribution >= 0.6 is 0 Å².